The smallest absolute Gasteiger partial charge is 0.179 e. The zero-order valence-electron chi connectivity index (χ0n) is 12.2. The first-order valence-electron chi connectivity index (χ1n) is 7.01. The van der Waals surface area contributed by atoms with Crippen LogP contribution in [0.1, 0.15) is 11.6 Å². The van der Waals surface area contributed by atoms with Crippen LogP contribution in [0, 0.1) is 5.82 Å². The Balaban J connectivity index is 2.03. The Bertz CT molecular complexity index is 753. The average Bonchev–Trinajstić information content (AvgIpc) is 2.55. The van der Waals surface area contributed by atoms with Gasteiger partial charge >= 0.3 is 0 Å². The van der Waals surface area contributed by atoms with Gasteiger partial charge in [-0.15, -0.1) is 0 Å². The highest BCUT2D eigenvalue weighted by Gasteiger charge is 2.18. The van der Waals surface area contributed by atoms with Gasteiger partial charge in [-0.1, -0.05) is 41.9 Å². The lowest BCUT2D eigenvalue weighted by Gasteiger charge is -2.18. The maximum absolute atomic E-state index is 14.0. The fourth-order valence-electron chi connectivity index (χ4n) is 2.18. The van der Waals surface area contributed by atoms with Crippen LogP contribution < -0.4 is 5.32 Å². The Morgan fingerprint density at radius 3 is 2.48 bits per heavy atom. The highest BCUT2D eigenvalue weighted by Crippen LogP contribution is 2.23. The molecule has 0 aliphatic heterocycles. The predicted molar refractivity (Wildman–Crippen MR) is 87.7 cm³/mol. The SMILES string of the molecule is O=S(=O)(CCNC(CO)c1cccc(Cl)c1F)c1ccccc1. The van der Waals surface area contributed by atoms with Gasteiger partial charge in [-0.05, 0) is 18.2 Å². The van der Waals surface area contributed by atoms with Gasteiger partial charge in [0.1, 0.15) is 5.82 Å². The van der Waals surface area contributed by atoms with Crippen LogP contribution in [0.15, 0.2) is 53.4 Å². The maximum atomic E-state index is 14.0. The molecule has 0 fully saturated rings. The third-order valence-electron chi connectivity index (χ3n) is 3.40. The summed E-state index contributed by atoms with van der Waals surface area (Å²) in [6.45, 7) is -0.295. The molecule has 1 atom stereocenters. The van der Waals surface area contributed by atoms with Crippen molar-refractivity contribution in [3.63, 3.8) is 0 Å². The standard InChI is InChI=1S/C16H17ClFNO3S/c17-14-8-4-7-13(16(14)18)15(11-20)19-9-10-23(21,22)12-5-2-1-3-6-12/h1-8,15,19-20H,9-11H2. The number of hydrogen-bond donors (Lipinski definition) is 2. The molecule has 23 heavy (non-hydrogen) atoms. The minimum Gasteiger partial charge on any atom is -0.394 e. The molecule has 0 heterocycles. The first-order chi connectivity index (χ1) is 11.0. The van der Waals surface area contributed by atoms with E-state index in [2.05, 4.69) is 5.32 Å². The van der Waals surface area contributed by atoms with Crippen molar-refractivity contribution in [2.24, 2.45) is 0 Å². The van der Waals surface area contributed by atoms with Crippen LogP contribution in [0.5, 0.6) is 0 Å². The molecule has 2 aromatic carbocycles. The van der Waals surface area contributed by atoms with Crippen LogP contribution in [0.2, 0.25) is 5.02 Å². The van der Waals surface area contributed by atoms with E-state index in [1.165, 1.54) is 24.3 Å². The van der Waals surface area contributed by atoms with Crippen LogP contribution >= 0.6 is 11.6 Å². The molecular weight excluding hydrogens is 341 g/mol. The van der Waals surface area contributed by atoms with Crippen LogP contribution in [0.3, 0.4) is 0 Å². The summed E-state index contributed by atoms with van der Waals surface area (Å²) in [5.41, 5.74) is 0.206. The van der Waals surface area contributed by atoms with Crippen molar-refractivity contribution in [1.82, 2.24) is 5.32 Å². The summed E-state index contributed by atoms with van der Waals surface area (Å²) < 4.78 is 38.3. The van der Waals surface area contributed by atoms with E-state index in [0.717, 1.165) is 0 Å². The molecule has 1 unspecified atom stereocenters. The normalized spacial score (nSPS) is 13.0. The van der Waals surface area contributed by atoms with E-state index in [0.29, 0.717) is 0 Å². The van der Waals surface area contributed by atoms with Crippen LogP contribution in [-0.2, 0) is 9.84 Å². The van der Waals surface area contributed by atoms with E-state index in [1.54, 1.807) is 24.3 Å². The zero-order chi connectivity index (χ0) is 16.9. The molecule has 7 heteroatoms. The molecule has 0 amide bonds. The number of benzene rings is 2. The van der Waals surface area contributed by atoms with Crippen molar-refractivity contribution in [3.05, 3.63) is 64.9 Å². The van der Waals surface area contributed by atoms with Gasteiger partial charge in [0, 0.05) is 12.1 Å². The van der Waals surface area contributed by atoms with Crippen LogP contribution in [-0.4, -0.2) is 32.4 Å². The van der Waals surface area contributed by atoms with Gasteiger partial charge in [0.2, 0.25) is 0 Å². The molecule has 0 saturated heterocycles. The highest BCUT2D eigenvalue weighted by atomic mass is 35.5. The summed E-state index contributed by atoms with van der Waals surface area (Å²) in [6, 6.07) is 11.9. The Morgan fingerprint density at radius 2 is 1.83 bits per heavy atom. The Labute approximate surface area is 139 Å². The molecule has 0 spiro atoms. The van der Waals surface area contributed by atoms with Crippen molar-refractivity contribution in [1.29, 1.82) is 0 Å². The number of sulfone groups is 1. The lowest BCUT2D eigenvalue weighted by Crippen LogP contribution is -2.30. The minimum absolute atomic E-state index is 0.0420. The van der Waals surface area contributed by atoms with Gasteiger partial charge in [-0.25, -0.2) is 12.8 Å². The Hall–Kier alpha value is -1.47. The minimum atomic E-state index is -3.43. The molecule has 2 aromatic rings. The third kappa shape index (κ3) is 4.51. The van der Waals surface area contributed by atoms with Crippen molar-refractivity contribution in [2.75, 3.05) is 18.9 Å². The Morgan fingerprint density at radius 1 is 1.13 bits per heavy atom. The number of halogens is 2. The maximum Gasteiger partial charge on any atom is 0.179 e. The van der Waals surface area contributed by atoms with E-state index in [-0.39, 0.29) is 34.4 Å². The highest BCUT2D eigenvalue weighted by molar-refractivity contribution is 7.91. The van der Waals surface area contributed by atoms with E-state index in [9.17, 15) is 17.9 Å². The fourth-order valence-corrected chi connectivity index (χ4v) is 3.55. The van der Waals surface area contributed by atoms with Gasteiger partial charge < -0.3 is 10.4 Å². The van der Waals surface area contributed by atoms with Crippen LogP contribution in [0.4, 0.5) is 4.39 Å². The number of hydrogen-bond acceptors (Lipinski definition) is 4. The number of nitrogens with one attached hydrogen (secondary N) is 1. The van der Waals surface area contributed by atoms with E-state index < -0.39 is 21.7 Å². The molecule has 0 aliphatic carbocycles. The number of rotatable bonds is 7. The first kappa shape index (κ1) is 17.9. The largest absolute Gasteiger partial charge is 0.394 e. The van der Waals surface area contributed by atoms with Crippen molar-refractivity contribution >= 4 is 21.4 Å². The summed E-state index contributed by atoms with van der Waals surface area (Å²) in [6.07, 6.45) is 0. The molecule has 0 bridgehead atoms. The van der Waals surface area contributed by atoms with Crippen molar-refractivity contribution in [3.8, 4) is 0 Å². The number of aliphatic hydroxyl groups is 1. The molecule has 2 N–H and O–H groups in total. The molecule has 0 radical (unpaired) electrons. The topological polar surface area (TPSA) is 66.4 Å². The second-order valence-corrected chi connectivity index (χ2v) is 7.48. The lowest BCUT2D eigenvalue weighted by molar-refractivity contribution is 0.243. The van der Waals surface area contributed by atoms with E-state index in [4.69, 9.17) is 11.6 Å². The monoisotopic (exact) mass is 357 g/mol. The van der Waals surface area contributed by atoms with Crippen LogP contribution in [0.25, 0.3) is 0 Å². The van der Waals surface area contributed by atoms with E-state index in [1.807, 2.05) is 0 Å². The summed E-state index contributed by atoms with van der Waals surface area (Å²) in [5.74, 6) is -0.776. The Kier molecular flexibility index (Phi) is 6.12. The molecule has 0 aliphatic rings. The lowest BCUT2D eigenvalue weighted by atomic mass is 10.1. The summed E-state index contributed by atoms with van der Waals surface area (Å²) >= 11 is 5.72. The van der Waals surface area contributed by atoms with Gasteiger partial charge in [0.25, 0.3) is 0 Å². The van der Waals surface area contributed by atoms with Crippen molar-refractivity contribution < 1.29 is 17.9 Å². The second kappa shape index (κ2) is 7.88. The summed E-state index contributed by atoms with van der Waals surface area (Å²) in [5, 5.41) is 12.2. The van der Waals surface area contributed by atoms with Gasteiger partial charge in [0.05, 0.1) is 28.3 Å². The first-order valence-corrected chi connectivity index (χ1v) is 9.04. The summed E-state index contributed by atoms with van der Waals surface area (Å²) in [7, 11) is -3.43. The van der Waals surface area contributed by atoms with Crippen molar-refractivity contribution in [2.45, 2.75) is 10.9 Å². The molecule has 0 saturated carbocycles. The second-order valence-electron chi connectivity index (χ2n) is 4.96. The zero-order valence-corrected chi connectivity index (χ0v) is 13.8. The molecule has 2 rings (SSSR count). The summed E-state index contributed by atoms with van der Waals surface area (Å²) in [4.78, 5) is 0.233. The quantitative estimate of drug-likeness (QED) is 0.799. The van der Waals surface area contributed by atoms with Gasteiger partial charge in [0.15, 0.2) is 9.84 Å². The fraction of sp³-hybridized carbons (Fsp3) is 0.250. The molecular formula is C16H17ClFNO3S. The molecule has 4 nitrogen and oxygen atoms in total. The van der Waals surface area contributed by atoms with E-state index >= 15 is 0 Å². The van der Waals surface area contributed by atoms with Gasteiger partial charge in [-0.3, -0.25) is 0 Å². The third-order valence-corrected chi connectivity index (χ3v) is 5.43. The van der Waals surface area contributed by atoms with Gasteiger partial charge in [-0.2, -0.15) is 0 Å². The average molecular weight is 358 g/mol. The molecule has 0 aromatic heterocycles. The number of aliphatic hydroxyl groups excluding tert-OH is 1. The predicted octanol–water partition coefficient (Wildman–Crippen LogP) is 2.58. The molecule has 124 valence electrons.